The summed E-state index contributed by atoms with van der Waals surface area (Å²) in [6.45, 7) is 2.09. The molecule has 0 aliphatic carbocycles. The highest BCUT2D eigenvalue weighted by Gasteiger charge is 2.09. The van der Waals surface area contributed by atoms with Crippen LogP contribution < -0.4 is 14.8 Å². The van der Waals surface area contributed by atoms with Gasteiger partial charge in [-0.25, -0.2) is 0 Å². The first-order valence-corrected chi connectivity index (χ1v) is 7.06. The SMILES string of the molecule is COc1cc(NC(C)c2ccc(Cl)s2)cc(OC)c1. The molecule has 0 radical (unpaired) electrons. The topological polar surface area (TPSA) is 30.5 Å². The third kappa shape index (κ3) is 3.55. The molecule has 2 aromatic rings. The van der Waals surface area contributed by atoms with Gasteiger partial charge in [0.2, 0.25) is 0 Å². The van der Waals surface area contributed by atoms with Crippen LogP contribution in [-0.2, 0) is 0 Å². The molecule has 1 heterocycles. The predicted molar refractivity (Wildman–Crippen MR) is 80.9 cm³/mol. The molecule has 1 aromatic carbocycles. The Labute approximate surface area is 122 Å². The second kappa shape index (κ2) is 6.17. The zero-order valence-corrected chi connectivity index (χ0v) is 12.6. The number of rotatable bonds is 5. The van der Waals surface area contributed by atoms with Crippen LogP contribution in [0.3, 0.4) is 0 Å². The summed E-state index contributed by atoms with van der Waals surface area (Å²) in [4.78, 5) is 1.19. The molecule has 1 unspecified atom stereocenters. The number of anilines is 1. The van der Waals surface area contributed by atoms with Crippen LogP contribution in [0, 0.1) is 0 Å². The Kier molecular flexibility index (Phi) is 4.56. The molecular formula is C14H16ClNO2S. The highest BCUT2D eigenvalue weighted by molar-refractivity contribution is 7.16. The van der Waals surface area contributed by atoms with Gasteiger partial charge in [-0.1, -0.05) is 11.6 Å². The van der Waals surface area contributed by atoms with Crippen molar-refractivity contribution in [3.63, 3.8) is 0 Å². The monoisotopic (exact) mass is 297 g/mol. The maximum absolute atomic E-state index is 5.95. The van der Waals surface area contributed by atoms with Gasteiger partial charge in [-0.2, -0.15) is 0 Å². The van der Waals surface area contributed by atoms with E-state index in [9.17, 15) is 0 Å². The van der Waals surface area contributed by atoms with E-state index in [1.54, 1.807) is 25.6 Å². The van der Waals surface area contributed by atoms with Gasteiger partial charge in [0, 0.05) is 28.8 Å². The molecule has 0 spiro atoms. The van der Waals surface area contributed by atoms with Crippen molar-refractivity contribution in [3.05, 3.63) is 39.5 Å². The third-order valence-corrected chi connectivity index (χ3v) is 4.17. The standard InChI is InChI=1S/C14H16ClNO2S/c1-9(13-4-5-14(15)19-13)16-10-6-11(17-2)8-12(7-10)18-3/h4-9,16H,1-3H3. The van der Waals surface area contributed by atoms with Crippen molar-refractivity contribution in [1.82, 2.24) is 0 Å². The summed E-state index contributed by atoms with van der Waals surface area (Å²) in [5.41, 5.74) is 0.952. The number of thiophene rings is 1. The van der Waals surface area contributed by atoms with Crippen molar-refractivity contribution < 1.29 is 9.47 Å². The van der Waals surface area contributed by atoms with E-state index >= 15 is 0 Å². The second-order valence-electron chi connectivity index (χ2n) is 4.11. The van der Waals surface area contributed by atoms with Crippen LogP contribution in [0.2, 0.25) is 4.34 Å². The molecule has 0 bridgehead atoms. The quantitative estimate of drug-likeness (QED) is 0.875. The van der Waals surface area contributed by atoms with Crippen molar-refractivity contribution >= 4 is 28.6 Å². The minimum atomic E-state index is 0.175. The number of hydrogen-bond acceptors (Lipinski definition) is 4. The Balaban J connectivity index is 2.18. The molecule has 0 saturated heterocycles. The van der Waals surface area contributed by atoms with E-state index in [2.05, 4.69) is 12.2 Å². The van der Waals surface area contributed by atoms with Gasteiger partial charge in [0.05, 0.1) is 24.6 Å². The number of methoxy groups -OCH3 is 2. The van der Waals surface area contributed by atoms with Crippen LogP contribution in [-0.4, -0.2) is 14.2 Å². The van der Waals surface area contributed by atoms with Crippen molar-refractivity contribution in [2.75, 3.05) is 19.5 Å². The normalized spacial score (nSPS) is 12.0. The molecule has 102 valence electrons. The van der Waals surface area contributed by atoms with Gasteiger partial charge in [-0.05, 0) is 19.1 Å². The maximum atomic E-state index is 5.95. The smallest absolute Gasteiger partial charge is 0.124 e. The molecule has 0 saturated carbocycles. The summed E-state index contributed by atoms with van der Waals surface area (Å²) in [7, 11) is 3.28. The Morgan fingerprint density at radius 1 is 1.11 bits per heavy atom. The fourth-order valence-electron chi connectivity index (χ4n) is 1.77. The summed E-state index contributed by atoms with van der Waals surface area (Å²) in [6, 6.07) is 9.84. The van der Waals surface area contributed by atoms with Gasteiger partial charge in [-0.3, -0.25) is 0 Å². The van der Waals surface area contributed by atoms with Gasteiger partial charge in [0.1, 0.15) is 11.5 Å². The fraction of sp³-hybridized carbons (Fsp3) is 0.286. The van der Waals surface area contributed by atoms with E-state index < -0.39 is 0 Å². The lowest BCUT2D eigenvalue weighted by molar-refractivity contribution is 0.394. The van der Waals surface area contributed by atoms with Gasteiger partial charge < -0.3 is 14.8 Å². The van der Waals surface area contributed by atoms with Crippen LogP contribution in [0.5, 0.6) is 11.5 Å². The average Bonchev–Trinajstić information content (AvgIpc) is 2.85. The molecule has 0 amide bonds. The molecule has 2 rings (SSSR count). The van der Waals surface area contributed by atoms with E-state index in [1.165, 1.54) is 4.88 Å². The summed E-state index contributed by atoms with van der Waals surface area (Å²) in [6.07, 6.45) is 0. The van der Waals surface area contributed by atoms with Crippen molar-refractivity contribution in [2.24, 2.45) is 0 Å². The molecule has 1 aromatic heterocycles. The third-order valence-electron chi connectivity index (χ3n) is 2.76. The summed E-state index contributed by atoms with van der Waals surface area (Å²) in [5.74, 6) is 1.52. The highest BCUT2D eigenvalue weighted by Crippen LogP contribution is 2.31. The molecule has 3 nitrogen and oxygen atoms in total. The Bertz CT molecular complexity index is 534. The zero-order chi connectivity index (χ0) is 13.8. The van der Waals surface area contributed by atoms with Crippen LogP contribution in [0.25, 0.3) is 0 Å². The lowest BCUT2D eigenvalue weighted by atomic mass is 10.2. The summed E-state index contributed by atoms with van der Waals surface area (Å²) in [5, 5.41) is 3.41. The fourth-order valence-corrected chi connectivity index (χ4v) is 2.84. The largest absolute Gasteiger partial charge is 0.497 e. The first-order valence-electron chi connectivity index (χ1n) is 5.87. The summed E-state index contributed by atoms with van der Waals surface area (Å²) >= 11 is 7.53. The first kappa shape index (κ1) is 14.0. The van der Waals surface area contributed by atoms with Crippen LogP contribution in [0.1, 0.15) is 17.8 Å². The van der Waals surface area contributed by atoms with E-state index in [1.807, 2.05) is 30.3 Å². The van der Waals surface area contributed by atoms with E-state index in [0.717, 1.165) is 21.5 Å². The maximum Gasteiger partial charge on any atom is 0.124 e. The minimum Gasteiger partial charge on any atom is -0.497 e. The average molecular weight is 298 g/mol. The van der Waals surface area contributed by atoms with Gasteiger partial charge in [0.15, 0.2) is 0 Å². The predicted octanol–water partition coefficient (Wildman–Crippen LogP) is 4.59. The lowest BCUT2D eigenvalue weighted by Crippen LogP contribution is -2.05. The molecule has 0 fully saturated rings. The lowest BCUT2D eigenvalue weighted by Gasteiger charge is -2.15. The van der Waals surface area contributed by atoms with Gasteiger partial charge in [-0.15, -0.1) is 11.3 Å². The molecule has 1 atom stereocenters. The number of halogens is 1. The number of benzene rings is 1. The Morgan fingerprint density at radius 3 is 2.21 bits per heavy atom. The minimum absolute atomic E-state index is 0.175. The van der Waals surface area contributed by atoms with Crippen molar-refractivity contribution in [3.8, 4) is 11.5 Å². The molecule has 0 aliphatic heterocycles. The van der Waals surface area contributed by atoms with E-state index in [0.29, 0.717) is 0 Å². The van der Waals surface area contributed by atoms with Crippen molar-refractivity contribution in [2.45, 2.75) is 13.0 Å². The molecule has 1 N–H and O–H groups in total. The number of nitrogens with one attached hydrogen (secondary N) is 1. The van der Waals surface area contributed by atoms with Crippen molar-refractivity contribution in [1.29, 1.82) is 0 Å². The Morgan fingerprint density at radius 2 is 1.74 bits per heavy atom. The van der Waals surface area contributed by atoms with E-state index in [-0.39, 0.29) is 6.04 Å². The first-order chi connectivity index (χ1) is 9.12. The highest BCUT2D eigenvalue weighted by atomic mass is 35.5. The molecule has 5 heteroatoms. The second-order valence-corrected chi connectivity index (χ2v) is 5.86. The number of hydrogen-bond donors (Lipinski definition) is 1. The van der Waals surface area contributed by atoms with Gasteiger partial charge in [0.25, 0.3) is 0 Å². The van der Waals surface area contributed by atoms with Crippen LogP contribution >= 0.6 is 22.9 Å². The molecule has 0 aliphatic rings. The van der Waals surface area contributed by atoms with Crippen LogP contribution in [0.4, 0.5) is 5.69 Å². The Hall–Kier alpha value is -1.39. The zero-order valence-electron chi connectivity index (χ0n) is 11.1. The van der Waals surface area contributed by atoms with Crippen LogP contribution in [0.15, 0.2) is 30.3 Å². The number of ether oxygens (including phenoxy) is 2. The van der Waals surface area contributed by atoms with E-state index in [4.69, 9.17) is 21.1 Å². The molecule has 19 heavy (non-hydrogen) atoms. The summed E-state index contributed by atoms with van der Waals surface area (Å²) < 4.78 is 11.3. The molecular weight excluding hydrogens is 282 g/mol. The van der Waals surface area contributed by atoms with Gasteiger partial charge >= 0.3 is 0 Å².